The topological polar surface area (TPSA) is 43.6 Å². The molecule has 3 aromatic heterocycles. The highest BCUT2D eigenvalue weighted by Gasteiger charge is 2.18. The number of rotatable bonds is 6. The van der Waals surface area contributed by atoms with Crippen molar-refractivity contribution < 1.29 is 0 Å². The van der Waals surface area contributed by atoms with E-state index in [0.717, 1.165) is 78.0 Å². The molecule has 0 saturated heterocycles. The minimum atomic E-state index is 0.697. The third-order valence-corrected chi connectivity index (χ3v) is 11.0. The van der Waals surface area contributed by atoms with Gasteiger partial charge in [-0.05, 0) is 65.0 Å². The second kappa shape index (κ2) is 13.6. The molecule has 0 spiro atoms. The molecule has 0 aliphatic heterocycles. The van der Waals surface area contributed by atoms with Crippen molar-refractivity contribution in [1.82, 2.24) is 19.5 Å². The first-order valence-corrected chi connectivity index (χ1v) is 19.3. The van der Waals surface area contributed by atoms with Gasteiger partial charge in [0, 0.05) is 49.5 Å². The van der Waals surface area contributed by atoms with Crippen molar-refractivity contribution in [2.45, 2.75) is 0 Å². The fourth-order valence-electron chi connectivity index (χ4n) is 8.22. The van der Waals surface area contributed by atoms with Crippen molar-refractivity contribution in [3.8, 4) is 62.0 Å². The smallest absolute Gasteiger partial charge is 0.160 e. The largest absolute Gasteiger partial charge is 0.309 e. The lowest BCUT2D eigenvalue weighted by Crippen LogP contribution is -1.96. The van der Waals surface area contributed by atoms with Crippen LogP contribution in [0, 0.1) is 0 Å². The lowest BCUT2D eigenvalue weighted by atomic mass is 9.95. The number of aromatic nitrogens is 4. The zero-order valence-electron chi connectivity index (χ0n) is 30.9. The van der Waals surface area contributed by atoms with Gasteiger partial charge in [0.25, 0.3) is 0 Å². The maximum absolute atomic E-state index is 5.37. The van der Waals surface area contributed by atoms with E-state index in [4.69, 9.17) is 15.0 Å². The highest BCUT2D eigenvalue weighted by molar-refractivity contribution is 6.20. The Balaban J connectivity index is 1.07. The lowest BCUT2D eigenvalue weighted by Gasteiger charge is -2.14. The fourth-order valence-corrected chi connectivity index (χ4v) is 8.22. The van der Waals surface area contributed by atoms with Crippen LogP contribution in [0.1, 0.15) is 0 Å². The van der Waals surface area contributed by atoms with E-state index in [1.807, 2.05) is 36.4 Å². The number of hydrogen-bond acceptors (Lipinski definition) is 3. The number of nitrogens with zero attached hydrogens (tertiary/aromatic N) is 4. The summed E-state index contributed by atoms with van der Waals surface area (Å²) >= 11 is 0. The highest BCUT2D eigenvalue weighted by atomic mass is 15.0. The van der Waals surface area contributed by atoms with Crippen LogP contribution < -0.4 is 0 Å². The van der Waals surface area contributed by atoms with Crippen molar-refractivity contribution in [2.75, 3.05) is 0 Å². The van der Waals surface area contributed by atoms with E-state index in [0.29, 0.717) is 5.82 Å². The zero-order chi connectivity index (χ0) is 37.7. The summed E-state index contributed by atoms with van der Waals surface area (Å²) in [5.74, 6) is 0.697. The molecule has 0 aliphatic rings. The van der Waals surface area contributed by atoms with Crippen molar-refractivity contribution >= 4 is 43.5 Å². The molecule has 0 saturated carbocycles. The predicted octanol–water partition coefficient (Wildman–Crippen LogP) is 13.6. The van der Waals surface area contributed by atoms with Crippen LogP contribution in [0.15, 0.2) is 206 Å². The third kappa shape index (κ3) is 5.74. The minimum absolute atomic E-state index is 0.697. The molecule has 4 nitrogen and oxygen atoms in total. The molecule has 11 rings (SSSR count). The molecular formula is C53H34N4. The van der Waals surface area contributed by atoms with Crippen LogP contribution in [0.5, 0.6) is 0 Å². The zero-order valence-corrected chi connectivity index (χ0v) is 30.9. The molecule has 57 heavy (non-hydrogen) atoms. The molecule has 11 aromatic rings. The highest BCUT2D eigenvalue weighted by Crippen LogP contribution is 2.41. The third-order valence-electron chi connectivity index (χ3n) is 11.0. The molecule has 8 aromatic carbocycles. The molecule has 0 aliphatic carbocycles. The second-order valence-electron chi connectivity index (χ2n) is 14.4. The van der Waals surface area contributed by atoms with Crippen LogP contribution in [0.3, 0.4) is 0 Å². The van der Waals surface area contributed by atoms with Gasteiger partial charge in [0.1, 0.15) is 0 Å². The Morgan fingerprint density at radius 1 is 0.298 bits per heavy atom. The summed E-state index contributed by atoms with van der Waals surface area (Å²) < 4.78 is 2.38. The van der Waals surface area contributed by atoms with Crippen molar-refractivity contribution in [1.29, 1.82) is 0 Å². The molecule has 0 unspecified atom stereocenters. The van der Waals surface area contributed by atoms with Crippen LogP contribution in [0.4, 0.5) is 0 Å². The Hall–Kier alpha value is -7.69. The molecule has 3 heterocycles. The summed E-state index contributed by atoms with van der Waals surface area (Å²) in [6.45, 7) is 0. The van der Waals surface area contributed by atoms with Gasteiger partial charge in [0.05, 0.1) is 33.6 Å². The standard InChI is InChI=1S/C53H34N4/c1-5-15-36(16-6-1)48-34-49(37-17-7-2-8-18-37)56-53(55-48)39-27-25-35(26-28-39)40-29-30-47-44(31-40)43-32-45-42-23-13-14-24-50(42)57(41-21-11-4-12-22-41)51(45)33-46(43)52(54-47)38-19-9-3-10-20-38/h1-34H. The van der Waals surface area contributed by atoms with E-state index >= 15 is 0 Å². The van der Waals surface area contributed by atoms with Gasteiger partial charge in [-0.2, -0.15) is 0 Å². The number of benzene rings is 8. The minimum Gasteiger partial charge on any atom is -0.309 e. The number of fused-ring (bicyclic) bond motifs is 6. The fraction of sp³-hybridized carbons (Fsp3) is 0. The predicted molar refractivity (Wildman–Crippen MR) is 236 cm³/mol. The van der Waals surface area contributed by atoms with E-state index in [1.165, 1.54) is 21.7 Å². The summed E-state index contributed by atoms with van der Waals surface area (Å²) in [7, 11) is 0. The van der Waals surface area contributed by atoms with Gasteiger partial charge in [0.15, 0.2) is 5.82 Å². The molecule has 0 atom stereocenters. The van der Waals surface area contributed by atoms with E-state index in [-0.39, 0.29) is 0 Å². The Morgan fingerprint density at radius 3 is 1.53 bits per heavy atom. The first kappa shape index (κ1) is 32.7. The van der Waals surface area contributed by atoms with Crippen LogP contribution in [-0.2, 0) is 0 Å². The number of hydrogen-bond donors (Lipinski definition) is 0. The summed E-state index contributed by atoms with van der Waals surface area (Å²) in [4.78, 5) is 15.5. The van der Waals surface area contributed by atoms with E-state index in [1.54, 1.807) is 0 Å². The maximum atomic E-state index is 5.37. The Labute approximate surface area is 330 Å². The Bertz CT molecular complexity index is 3190. The SMILES string of the molecule is c1ccc(-c2cc(-c3ccccc3)nc(-c3ccc(-c4ccc5nc(-c6ccccc6)c6cc7c(cc6c5c4)c4ccccc4n7-c4ccccc4)cc3)n2)cc1. The molecule has 0 fully saturated rings. The van der Waals surface area contributed by atoms with Gasteiger partial charge in [-0.25, -0.2) is 15.0 Å². The van der Waals surface area contributed by atoms with Crippen molar-refractivity contribution in [3.63, 3.8) is 0 Å². The molecule has 0 radical (unpaired) electrons. The lowest BCUT2D eigenvalue weighted by molar-refractivity contribution is 1.18. The quantitative estimate of drug-likeness (QED) is 0.160. The first-order valence-electron chi connectivity index (χ1n) is 19.3. The van der Waals surface area contributed by atoms with Crippen molar-refractivity contribution in [3.05, 3.63) is 206 Å². The summed E-state index contributed by atoms with van der Waals surface area (Å²) in [6.07, 6.45) is 0. The number of pyridine rings is 1. The number of para-hydroxylation sites is 2. The van der Waals surface area contributed by atoms with E-state index in [9.17, 15) is 0 Å². The summed E-state index contributed by atoms with van der Waals surface area (Å²) in [5, 5.41) is 5.87. The molecule has 266 valence electrons. The molecule has 4 heteroatoms. The second-order valence-corrected chi connectivity index (χ2v) is 14.4. The van der Waals surface area contributed by atoms with E-state index < -0.39 is 0 Å². The van der Waals surface area contributed by atoms with Gasteiger partial charge in [-0.15, -0.1) is 0 Å². The average Bonchev–Trinajstić information content (AvgIpc) is 3.62. The van der Waals surface area contributed by atoms with Crippen LogP contribution in [-0.4, -0.2) is 19.5 Å². The van der Waals surface area contributed by atoms with Gasteiger partial charge >= 0.3 is 0 Å². The monoisotopic (exact) mass is 726 g/mol. The van der Waals surface area contributed by atoms with Crippen molar-refractivity contribution in [2.24, 2.45) is 0 Å². The Morgan fingerprint density at radius 2 is 0.860 bits per heavy atom. The molecular weight excluding hydrogens is 693 g/mol. The maximum Gasteiger partial charge on any atom is 0.160 e. The van der Waals surface area contributed by atoms with Crippen LogP contribution >= 0.6 is 0 Å². The van der Waals surface area contributed by atoms with Crippen LogP contribution in [0.25, 0.3) is 105 Å². The molecule has 0 amide bonds. The molecule has 0 bridgehead atoms. The van der Waals surface area contributed by atoms with Crippen LogP contribution in [0.2, 0.25) is 0 Å². The average molecular weight is 727 g/mol. The first-order chi connectivity index (χ1) is 28.2. The molecule has 0 N–H and O–H groups in total. The Kier molecular flexibility index (Phi) is 7.78. The van der Waals surface area contributed by atoms with Gasteiger partial charge < -0.3 is 4.57 Å². The summed E-state index contributed by atoms with van der Waals surface area (Å²) in [5.41, 5.74) is 13.6. The normalized spacial score (nSPS) is 11.5. The van der Waals surface area contributed by atoms with E-state index in [2.05, 4.69) is 174 Å². The summed E-state index contributed by atoms with van der Waals surface area (Å²) in [6, 6.07) is 72.6. The van der Waals surface area contributed by atoms with Gasteiger partial charge in [-0.1, -0.05) is 158 Å². The van der Waals surface area contributed by atoms with Gasteiger partial charge in [0.2, 0.25) is 0 Å². The van der Waals surface area contributed by atoms with Gasteiger partial charge in [-0.3, -0.25) is 0 Å².